The third kappa shape index (κ3) is 5.57. The van der Waals surface area contributed by atoms with E-state index in [0.29, 0.717) is 12.2 Å². The van der Waals surface area contributed by atoms with Crippen LogP contribution in [0.5, 0.6) is 11.5 Å². The van der Waals surface area contributed by atoms with Crippen molar-refractivity contribution >= 4 is 16.9 Å². The number of hydrogen-bond donors (Lipinski definition) is 1. The van der Waals surface area contributed by atoms with Gasteiger partial charge in [0.1, 0.15) is 17.3 Å². The lowest BCUT2D eigenvalue weighted by Gasteiger charge is -2.17. The van der Waals surface area contributed by atoms with Gasteiger partial charge in [-0.05, 0) is 75.2 Å². The number of methoxy groups -OCH3 is 1. The van der Waals surface area contributed by atoms with E-state index in [1.807, 2.05) is 80.6 Å². The van der Waals surface area contributed by atoms with Gasteiger partial charge >= 0.3 is 0 Å². The van der Waals surface area contributed by atoms with Gasteiger partial charge in [0.15, 0.2) is 0 Å². The Morgan fingerprint density at radius 2 is 1.76 bits per heavy atom. The summed E-state index contributed by atoms with van der Waals surface area (Å²) in [6, 6.07) is 23.1. The summed E-state index contributed by atoms with van der Waals surface area (Å²) < 4.78 is 13.3. The van der Waals surface area contributed by atoms with Crippen molar-refractivity contribution < 1.29 is 14.3 Å². The molecule has 0 spiro atoms. The van der Waals surface area contributed by atoms with Crippen molar-refractivity contribution in [2.45, 2.75) is 39.3 Å². The van der Waals surface area contributed by atoms with Gasteiger partial charge in [-0.25, -0.2) is 4.98 Å². The van der Waals surface area contributed by atoms with Gasteiger partial charge in [0.2, 0.25) is 0 Å². The van der Waals surface area contributed by atoms with Crippen LogP contribution in [-0.4, -0.2) is 29.2 Å². The lowest BCUT2D eigenvalue weighted by Crippen LogP contribution is -2.28. The molecule has 1 N–H and O–H groups in total. The molecule has 0 radical (unpaired) electrons. The van der Waals surface area contributed by atoms with Crippen molar-refractivity contribution in [1.82, 2.24) is 14.9 Å². The van der Waals surface area contributed by atoms with Crippen molar-refractivity contribution in [1.29, 1.82) is 0 Å². The maximum Gasteiger partial charge on any atom is 0.251 e. The molecular formula is C28H31N3O3. The molecule has 0 saturated heterocycles. The lowest BCUT2D eigenvalue weighted by molar-refractivity contribution is 0.0937. The molecule has 0 aliphatic heterocycles. The number of fused-ring (bicyclic) bond motifs is 1. The molecule has 3 aromatic carbocycles. The van der Waals surface area contributed by atoms with Crippen LogP contribution in [0.4, 0.5) is 0 Å². The molecule has 0 saturated carbocycles. The number of aryl methyl sites for hydroxylation is 2. The summed E-state index contributed by atoms with van der Waals surface area (Å²) in [6.45, 7) is 5.40. The van der Waals surface area contributed by atoms with Crippen LogP contribution in [0.2, 0.25) is 0 Å². The Morgan fingerprint density at radius 1 is 1.00 bits per heavy atom. The summed E-state index contributed by atoms with van der Waals surface area (Å²) in [5.74, 6) is 2.42. The van der Waals surface area contributed by atoms with Crippen LogP contribution in [0.1, 0.15) is 47.6 Å². The van der Waals surface area contributed by atoms with Crippen LogP contribution in [0.25, 0.3) is 11.0 Å². The Hall–Kier alpha value is -3.80. The highest BCUT2D eigenvalue weighted by atomic mass is 16.5. The maximum atomic E-state index is 12.8. The third-order valence-corrected chi connectivity index (χ3v) is 5.80. The monoisotopic (exact) mass is 457 g/mol. The highest BCUT2D eigenvalue weighted by Gasteiger charge is 2.19. The van der Waals surface area contributed by atoms with Crippen LogP contribution in [0.3, 0.4) is 0 Å². The molecule has 0 aliphatic carbocycles. The third-order valence-electron chi connectivity index (χ3n) is 5.80. The normalized spacial score (nSPS) is 11.9. The van der Waals surface area contributed by atoms with Gasteiger partial charge < -0.3 is 19.4 Å². The first-order valence-corrected chi connectivity index (χ1v) is 11.6. The Bertz CT molecular complexity index is 1250. The van der Waals surface area contributed by atoms with Crippen LogP contribution in [-0.2, 0) is 6.54 Å². The van der Waals surface area contributed by atoms with Crippen molar-refractivity contribution in [3.05, 3.63) is 89.7 Å². The highest BCUT2D eigenvalue weighted by molar-refractivity contribution is 5.94. The van der Waals surface area contributed by atoms with Crippen molar-refractivity contribution in [2.75, 3.05) is 13.7 Å². The molecule has 4 rings (SSSR count). The van der Waals surface area contributed by atoms with Crippen LogP contribution >= 0.6 is 0 Å². The summed E-state index contributed by atoms with van der Waals surface area (Å²) in [4.78, 5) is 17.7. The molecule has 6 nitrogen and oxygen atoms in total. The van der Waals surface area contributed by atoms with Gasteiger partial charge in [-0.15, -0.1) is 0 Å². The topological polar surface area (TPSA) is 65.4 Å². The average Bonchev–Trinajstić information content (AvgIpc) is 3.23. The van der Waals surface area contributed by atoms with E-state index in [0.717, 1.165) is 53.3 Å². The van der Waals surface area contributed by atoms with Gasteiger partial charge in [-0.1, -0.05) is 29.8 Å². The number of unbranched alkanes of at least 4 members (excludes halogenated alkanes) is 1. The predicted molar refractivity (Wildman–Crippen MR) is 135 cm³/mol. The summed E-state index contributed by atoms with van der Waals surface area (Å²) in [5, 5.41) is 3.12. The second-order valence-electron chi connectivity index (χ2n) is 8.41. The van der Waals surface area contributed by atoms with Crippen LogP contribution in [0, 0.1) is 6.92 Å². The number of nitrogens with zero attached hydrogens (tertiary/aromatic N) is 2. The second kappa shape index (κ2) is 10.9. The number of nitrogens with one attached hydrogen (secondary N) is 1. The summed E-state index contributed by atoms with van der Waals surface area (Å²) in [7, 11) is 1.65. The number of carbonyl (C=O) groups excluding carboxylic acids is 1. The van der Waals surface area contributed by atoms with E-state index in [1.54, 1.807) is 7.11 Å². The number of hydrogen-bond acceptors (Lipinski definition) is 4. The number of ether oxygens (including phenoxy) is 2. The Balaban J connectivity index is 1.40. The number of carbonyl (C=O) groups is 1. The Morgan fingerprint density at radius 3 is 2.53 bits per heavy atom. The van der Waals surface area contributed by atoms with E-state index >= 15 is 0 Å². The maximum absolute atomic E-state index is 12.8. The zero-order valence-corrected chi connectivity index (χ0v) is 20.0. The molecular weight excluding hydrogens is 426 g/mol. The molecule has 4 aromatic rings. The number of imidazole rings is 1. The average molecular weight is 458 g/mol. The quantitative estimate of drug-likeness (QED) is 0.310. The molecule has 1 atom stereocenters. The van der Waals surface area contributed by atoms with E-state index in [2.05, 4.69) is 16.0 Å². The first kappa shape index (κ1) is 23.4. The molecule has 0 bridgehead atoms. The molecule has 1 amide bonds. The molecule has 6 heteroatoms. The molecule has 176 valence electrons. The van der Waals surface area contributed by atoms with E-state index in [4.69, 9.17) is 14.5 Å². The molecule has 1 heterocycles. The van der Waals surface area contributed by atoms with Gasteiger partial charge in [-0.3, -0.25) is 4.79 Å². The second-order valence-corrected chi connectivity index (χ2v) is 8.41. The fourth-order valence-corrected chi connectivity index (χ4v) is 4.02. The number of amides is 1. The fraction of sp³-hybridized carbons (Fsp3) is 0.286. The SMILES string of the molecule is COc1ccc(OCCCCn2c(C(C)NC(=O)c3cccc(C)c3)nc3ccccc32)cc1. The minimum absolute atomic E-state index is 0.0947. The van der Waals surface area contributed by atoms with E-state index in [1.165, 1.54) is 0 Å². The molecule has 1 unspecified atom stereocenters. The molecule has 1 aromatic heterocycles. The first-order valence-electron chi connectivity index (χ1n) is 11.6. The van der Waals surface area contributed by atoms with Crippen molar-refractivity contribution in [2.24, 2.45) is 0 Å². The smallest absolute Gasteiger partial charge is 0.251 e. The minimum Gasteiger partial charge on any atom is -0.497 e. The Kier molecular flexibility index (Phi) is 7.48. The number of benzene rings is 3. The molecule has 0 fully saturated rings. The standard InChI is InChI=1S/C28H31N3O3/c1-20-9-8-10-22(19-20)28(32)29-21(2)27-30-25-11-4-5-12-26(25)31(27)17-6-7-18-34-24-15-13-23(33-3)14-16-24/h4-5,8-16,19,21H,6-7,17-18H2,1-3H3,(H,29,32). The van der Waals surface area contributed by atoms with Crippen molar-refractivity contribution in [3.63, 3.8) is 0 Å². The predicted octanol–water partition coefficient (Wildman–Crippen LogP) is 5.70. The highest BCUT2D eigenvalue weighted by Crippen LogP contribution is 2.22. The van der Waals surface area contributed by atoms with E-state index in [-0.39, 0.29) is 11.9 Å². The van der Waals surface area contributed by atoms with E-state index in [9.17, 15) is 4.79 Å². The fourth-order valence-electron chi connectivity index (χ4n) is 4.02. The van der Waals surface area contributed by atoms with Gasteiger partial charge in [0, 0.05) is 12.1 Å². The van der Waals surface area contributed by atoms with Gasteiger partial charge in [0.05, 0.1) is 30.8 Å². The first-order chi connectivity index (χ1) is 16.5. The summed E-state index contributed by atoms with van der Waals surface area (Å²) in [5.41, 5.74) is 3.73. The van der Waals surface area contributed by atoms with Crippen LogP contribution in [0.15, 0.2) is 72.8 Å². The van der Waals surface area contributed by atoms with Gasteiger partial charge in [-0.2, -0.15) is 0 Å². The van der Waals surface area contributed by atoms with Crippen LogP contribution < -0.4 is 14.8 Å². The zero-order valence-electron chi connectivity index (χ0n) is 20.0. The largest absolute Gasteiger partial charge is 0.497 e. The minimum atomic E-state index is -0.226. The van der Waals surface area contributed by atoms with Gasteiger partial charge in [0.25, 0.3) is 5.91 Å². The summed E-state index contributed by atoms with van der Waals surface area (Å²) in [6.07, 6.45) is 1.84. The zero-order chi connectivity index (χ0) is 23.9. The lowest BCUT2D eigenvalue weighted by atomic mass is 10.1. The van der Waals surface area contributed by atoms with E-state index < -0.39 is 0 Å². The number of aromatic nitrogens is 2. The Labute approximate surface area is 200 Å². The summed E-state index contributed by atoms with van der Waals surface area (Å²) >= 11 is 0. The van der Waals surface area contributed by atoms with Crippen molar-refractivity contribution in [3.8, 4) is 11.5 Å². The molecule has 0 aliphatic rings. The number of para-hydroxylation sites is 2. The molecule has 34 heavy (non-hydrogen) atoms. The number of rotatable bonds is 10.